The first-order valence-electron chi connectivity index (χ1n) is 7.54. The van der Waals surface area contributed by atoms with Gasteiger partial charge in [0.2, 0.25) is 0 Å². The number of nitrogens with zero attached hydrogens (tertiary/aromatic N) is 2. The van der Waals surface area contributed by atoms with Gasteiger partial charge in [-0.25, -0.2) is 8.78 Å². The molecule has 0 aliphatic carbocycles. The second-order valence-corrected chi connectivity index (χ2v) is 5.55. The van der Waals surface area contributed by atoms with Crippen LogP contribution in [0.3, 0.4) is 0 Å². The Morgan fingerprint density at radius 1 is 1.43 bits per heavy atom. The summed E-state index contributed by atoms with van der Waals surface area (Å²) in [6.07, 6.45) is 1.47. The Morgan fingerprint density at radius 3 is 2.87 bits per heavy atom. The number of ether oxygens (including phenoxy) is 1. The summed E-state index contributed by atoms with van der Waals surface area (Å²) in [5.41, 5.74) is 0.370. The van der Waals surface area contributed by atoms with Gasteiger partial charge in [0.1, 0.15) is 0 Å². The highest BCUT2D eigenvalue weighted by Gasteiger charge is 2.19. The van der Waals surface area contributed by atoms with Gasteiger partial charge in [-0.2, -0.15) is 0 Å². The highest BCUT2D eigenvalue weighted by atomic mass is 127. The fraction of sp³-hybridized carbons (Fsp3) is 0.562. The van der Waals surface area contributed by atoms with E-state index in [1.54, 1.807) is 13.1 Å². The van der Waals surface area contributed by atoms with Gasteiger partial charge < -0.3 is 15.0 Å². The second kappa shape index (κ2) is 10.0. The molecule has 1 heterocycles. The summed E-state index contributed by atoms with van der Waals surface area (Å²) in [7, 11) is 3.68. The third-order valence-electron chi connectivity index (χ3n) is 3.84. The summed E-state index contributed by atoms with van der Waals surface area (Å²) in [4.78, 5) is 6.27. The molecular formula is C16H24F2IN3O. The van der Waals surface area contributed by atoms with Crippen LogP contribution in [0.5, 0.6) is 0 Å². The summed E-state index contributed by atoms with van der Waals surface area (Å²) in [6.45, 7) is 2.98. The lowest BCUT2D eigenvalue weighted by Gasteiger charge is -2.24. The predicted molar refractivity (Wildman–Crippen MR) is 98.4 cm³/mol. The van der Waals surface area contributed by atoms with Crippen molar-refractivity contribution in [1.82, 2.24) is 10.2 Å². The lowest BCUT2D eigenvalue weighted by molar-refractivity contribution is 0.181. The molecule has 1 saturated heterocycles. The van der Waals surface area contributed by atoms with E-state index < -0.39 is 11.6 Å². The molecule has 130 valence electrons. The number of nitrogens with one attached hydrogen (secondary N) is 1. The summed E-state index contributed by atoms with van der Waals surface area (Å²) in [5.74, 6) is -0.302. The van der Waals surface area contributed by atoms with Gasteiger partial charge in [0.25, 0.3) is 0 Å². The smallest absolute Gasteiger partial charge is 0.193 e. The molecule has 0 bridgehead atoms. The standard InChI is InChI=1S/C16H23F2N3O.HI/c1-19-16(21(2)10-12-7-9-22-11-12)20-8-6-13-4-3-5-14(17)15(13)18;/h3-5,12H,6-11H2,1-2H3,(H,19,20);1H. The Labute approximate surface area is 153 Å². The number of hydrogen-bond acceptors (Lipinski definition) is 2. The summed E-state index contributed by atoms with van der Waals surface area (Å²) in [5, 5.41) is 3.18. The van der Waals surface area contributed by atoms with Crippen LogP contribution in [0.15, 0.2) is 23.2 Å². The highest BCUT2D eigenvalue weighted by molar-refractivity contribution is 14.0. The number of halogens is 3. The van der Waals surface area contributed by atoms with Gasteiger partial charge in [0.15, 0.2) is 17.6 Å². The van der Waals surface area contributed by atoms with Crippen LogP contribution < -0.4 is 5.32 Å². The number of benzene rings is 1. The maximum atomic E-state index is 13.6. The fourth-order valence-corrected chi connectivity index (χ4v) is 2.64. The van der Waals surface area contributed by atoms with Crippen LogP contribution in [0.2, 0.25) is 0 Å². The van der Waals surface area contributed by atoms with E-state index in [9.17, 15) is 8.78 Å². The largest absolute Gasteiger partial charge is 0.381 e. The number of hydrogen-bond donors (Lipinski definition) is 1. The van der Waals surface area contributed by atoms with Gasteiger partial charge in [-0.15, -0.1) is 24.0 Å². The van der Waals surface area contributed by atoms with Gasteiger partial charge in [-0.1, -0.05) is 12.1 Å². The third kappa shape index (κ3) is 5.87. The highest BCUT2D eigenvalue weighted by Crippen LogP contribution is 2.13. The molecule has 0 spiro atoms. The first-order chi connectivity index (χ1) is 10.6. The molecule has 1 atom stereocenters. The number of rotatable bonds is 5. The van der Waals surface area contributed by atoms with Crippen LogP contribution in [-0.2, 0) is 11.2 Å². The van der Waals surface area contributed by atoms with Crippen LogP contribution in [-0.4, -0.2) is 51.3 Å². The predicted octanol–water partition coefficient (Wildman–Crippen LogP) is 2.67. The molecule has 2 rings (SSSR count). The average molecular weight is 439 g/mol. The van der Waals surface area contributed by atoms with Crippen molar-refractivity contribution in [2.24, 2.45) is 10.9 Å². The van der Waals surface area contributed by atoms with Gasteiger partial charge in [-0.3, -0.25) is 4.99 Å². The monoisotopic (exact) mass is 439 g/mol. The Hall–Kier alpha value is -0.960. The Bertz CT molecular complexity index is 522. The maximum absolute atomic E-state index is 13.6. The molecule has 0 aromatic heterocycles. The van der Waals surface area contributed by atoms with Crippen LogP contribution in [0.1, 0.15) is 12.0 Å². The maximum Gasteiger partial charge on any atom is 0.193 e. The molecule has 0 saturated carbocycles. The molecule has 23 heavy (non-hydrogen) atoms. The Morgan fingerprint density at radius 2 is 2.22 bits per heavy atom. The molecule has 1 aliphatic rings. The van der Waals surface area contributed by atoms with Crippen molar-refractivity contribution in [3.63, 3.8) is 0 Å². The minimum atomic E-state index is -0.805. The average Bonchev–Trinajstić information content (AvgIpc) is 3.00. The Kier molecular flexibility index (Phi) is 8.75. The SMILES string of the molecule is CN=C(NCCc1cccc(F)c1F)N(C)CC1CCOC1.I. The number of aliphatic imine (C=N–C) groups is 1. The topological polar surface area (TPSA) is 36.9 Å². The van der Waals surface area contributed by atoms with E-state index in [0.717, 1.165) is 38.2 Å². The van der Waals surface area contributed by atoms with E-state index in [2.05, 4.69) is 10.3 Å². The quantitative estimate of drug-likeness (QED) is 0.436. The van der Waals surface area contributed by atoms with Crippen molar-refractivity contribution < 1.29 is 13.5 Å². The van der Waals surface area contributed by atoms with E-state index in [4.69, 9.17) is 4.74 Å². The van der Waals surface area contributed by atoms with Crippen molar-refractivity contribution in [2.75, 3.05) is 40.4 Å². The van der Waals surface area contributed by atoms with Crippen LogP contribution in [0.4, 0.5) is 8.78 Å². The van der Waals surface area contributed by atoms with Crippen molar-refractivity contribution in [3.8, 4) is 0 Å². The second-order valence-electron chi connectivity index (χ2n) is 5.55. The molecule has 1 aromatic rings. The Balaban J connectivity index is 0.00000264. The van der Waals surface area contributed by atoms with Crippen LogP contribution in [0.25, 0.3) is 0 Å². The van der Waals surface area contributed by atoms with Crippen molar-refractivity contribution in [1.29, 1.82) is 0 Å². The zero-order valence-corrected chi connectivity index (χ0v) is 15.8. The van der Waals surface area contributed by atoms with Gasteiger partial charge >= 0.3 is 0 Å². The summed E-state index contributed by atoms with van der Waals surface area (Å²) >= 11 is 0. The third-order valence-corrected chi connectivity index (χ3v) is 3.84. The van der Waals surface area contributed by atoms with Crippen LogP contribution >= 0.6 is 24.0 Å². The molecule has 1 aromatic carbocycles. The van der Waals surface area contributed by atoms with Gasteiger partial charge in [0.05, 0.1) is 6.61 Å². The minimum absolute atomic E-state index is 0. The van der Waals surface area contributed by atoms with E-state index in [1.165, 1.54) is 6.07 Å². The molecule has 0 radical (unpaired) electrons. The first-order valence-corrected chi connectivity index (χ1v) is 7.54. The van der Waals surface area contributed by atoms with E-state index in [1.807, 2.05) is 11.9 Å². The van der Waals surface area contributed by atoms with E-state index in [-0.39, 0.29) is 24.0 Å². The molecule has 4 nitrogen and oxygen atoms in total. The molecule has 7 heteroatoms. The fourth-order valence-electron chi connectivity index (χ4n) is 2.64. The lowest BCUT2D eigenvalue weighted by Crippen LogP contribution is -2.42. The minimum Gasteiger partial charge on any atom is -0.381 e. The van der Waals surface area contributed by atoms with Crippen molar-refractivity contribution in [2.45, 2.75) is 12.8 Å². The lowest BCUT2D eigenvalue weighted by atomic mass is 10.1. The van der Waals surface area contributed by atoms with E-state index in [0.29, 0.717) is 24.4 Å². The molecule has 1 N–H and O–H groups in total. The molecule has 0 amide bonds. The first kappa shape index (κ1) is 20.1. The molecular weight excluding hydrogens is 415 g/mol. The van der Waals surface area contributed by atoms with Crippen LogP contribution in [0, 0.1) is 17.6 Å². The van der Waals surface area contributed by atoms with Gasteiger partial charge in [-0.05, 0) is 24.5 Å². The zero-order chi connectivity index (χ0) is 15.9. The summed E-state index contributed by atoms with van der Waals surface area (Å²) in [6, 6.07) is 4.25. The number of guanidine groups is 1. The molecule has 1 fully saturated rings. The van der Waals surface area contributed by atoms with Gasteiger partial charge in [0, 0.05) is 39.7 Å². The zero-order valence-electron chi connectivity index (χ0n) is 13.5. The van der Waals surface area contributed by atoms with Crippen molar-refractivity contribution >= 4 is 29.9 Å². The molecule has 1 aliphatic heterocycles. The van der Waals surface area contributed by atoms with Crippen molar-refractivity contribution in [3.05, 3.63) is 35.4 Å². The summed E-state index contributed by atoms with van der Waals surface area (Å²) < 4.78 is 32.1. The normalized spacial score (nSPS) is 17.7. The molecule has 1 unspecified atom stereocenters. The van der Waals surface area contributed by atoms with E-state index >= 15 is 0 Å².